The fourth-order valence-corrected chi connectivity index (χ4v) is 5.59. The molecule has 0 aliphatic carbocycles. The van der Waals surface area contributed by atoms with E-state index in [2.05, 4.69) is 0 Å². The van der Waals surface area contributed by atoms with Crippen molar-refractivity contribution in [3.8, 4) is 5.75 Å². The first kappa shape index (κ1) is 21.5. The number of nitrogens with zero attached hydrogens (tertiary/aromatic N) is 2. The summed E-state index contributed by atoms with van der Waals surface area (Å²) < 4.78 is 38.8. The van der Waals surface area contributed by atoms with Gasteiger partial charge >= 0.3 is 0 Å². The van der Waals surface area contributed by atoms with Crippen LogP contribution in [0.5, 0.6) is 5.75 Å². The molecule has 2 aromatic carbocycles. The standard InChI is InChI=1S/C22H24N2O6S/c1-29-17-11-9-16(10-12-17)24-21(25)14-20(22(24)26)23(15-18-6-5-13-30-18)31(27,28)19-7-3-2-4-8-19/h2-4,7-12,18,20H,5-6,13-15H2,1H3. The fourth-order valence-electron chi connectivity index (χ4n) is 3.95. The van der Waals surface area contributed by atoms with Crippen LogP contribution in [0.1, 0.15) is 19.3 Å². The number of hydrogen-bond acceptors (Lipinski definition) is 6. The molecule has 31 heavy (non-hydrogen) atoms. The predicted molar refractivity (Wildman–Crippen MR) is 113 cm³/mol. The molecule has 2 heterocycles. The molecule has 0 spiro atoms. The summed E-state index contributed by atoms with van der Waals surface area (Å²) in [4.78, 5) is 27.2. The molecule has 164 valence electrons. The van der Waals surface area contributed by atoms with Crippen molar-refractivity contribution in [1.29, 1.82) is 0 Å². The third-order valence-electron chi connectivity index (χ3n) is 5.56. The van der Waals surface area contributed by atoms with E-state index in [1.807, 2.05) is 0 Å². The summed E-state index contributed by atoms with van der Waals surface area (Å²) in [6.45, 7) is 0.580. The molecule has 0 bridgehead atoms. The lowest BCUT2D eigenvalue weighted by Gasteiger charge is -2.28. The van der Waals surface area contributed by atoms with E-state index in [1.165, 1.54) is 19.2 Å². The molecule has 2 atom stereocenters. The molecule has 2 saturated heterocycles. The van der Waals surface area contributed by atoms with E-state index >= 15 is 0 Å². The molecule has 0 N–H and O–H groups in total. The van der Waals surface area contributed by atoms with Crippen LogP contribution in [0.4, 0.5) is 5.69 Å². The molecule has 0 aromatic heterocycles. The molecule has 8 nitrogen and oxygen atoms in total. The van der Waals surface area contributed by atoms with Gasteiger partial charge in [-0.1, -0.05) is 18.2 Å². The van der Waals surface area contributed by atoms with Crippen LogP contribution in [0.25, 0.3) is 0 Å². The molecular weight excluding hydrogens is 420 g/mol. The van der Waals surface area contributed by atoms with Gasteiger partial charge in [-0.3, -0.25) is 9.59 Å². The zero-order chi connectivity index (χ0) is 22.0. The lowest BCUT2D eigenvalue weighted by molar-refractivity contribution is -0.122. The quantitative estimate of drug-likeness (QED) is 0.608. The molecule has 2 aliphatic rings. The highest BCUT2D eigenvalue weighted by Gasteiger charge is 2.47. The Kier molecular flexibility index (Phi) is 6.08. The van der Waals surface area contributed by atoms with E-state index in [9.17, 15) is 18.0 Å². The third kappa shape index (κ3) is 4.21. The molecular formula is C22H24N2O6S. The number of carbonyl (C=O) groups is 2. The highest BCUT2D eigenvalue weighted by atomic mass is 32.2. The summed E-state index contributed by atoms with van der Waals surface area (Å²) in [5.74, 6) is -0.417. The largest absolute Gasteiger partial charge is 0.497 e. The van der Waals surface area contributed by atoms with Gasteiger partial charge in [0.2, 0.25) is 15.9 Å². The minimum absolute atomic E-state index is 0.0252. The van der Waals surface area contributed by atoms with E-state index in [-0.39, 0.29) is 24.0 Å². The van der Waals surface area contributed by atoms with Gasteiger partial charge in [-0.2, -0.15) is 4.31 Å². The Bertz CT molecular complexity index is 1050. The van der Waals surface area contributed by atoms with Gasteiger partial charge in [0.05, 0.1) is 30.2 Å². The molecule has 2 aliphatic heterocycles. The van der Waals surface area contributed by atoms with Gasteiger partial charge in [0.15, 0.2) is 0 Å². The monoisotopic (exact) mass is 444 g/mol. The van der Waals surface area contributed by atoms with Crippen LogP contribution < -0.4 is 9.64 Å². The highest BCUT2D eigenvalue weighted by molar-refractivity contribution is 7.89. The summed E-state index contributed by atoms with van der Waals surface area (Å²) in [7, 11) is -2.49. The lowest BCUT2D eigenvalue weighted by atomic mass is 10.2. The number of sulfonamides is 1. The first-order valence-corrected chi connectivity index (χ1v) is 11.5. The van der Waals surface area contributed by atoms with Crippen molar-refractivity contribution in [2.75, 3.05) is 25.2 Å². The Hall–Kier alpha value is -2.75. The topological polar surface area (TPSA) is 93.2 Å². The summed E-state index contributed by atoms with van der Waals surface area (Å²) >= 11 is 0. The van der Waals surface area contributed by atoms with Crippen LogP contribution in [0, 0.1) is 0 Å². The van der Waals surface area contributed by atoms with Crippen LogP contribution in [0.3, 0.4) is 0 Å². The van der Waals surface area contributed by atoms with Crippen molar-refractivity contribution in [1.82, 2.24) is 4.31 Å². The molecule has 0 radical (unpaired) electrons. The Labute approximate surface area is 181 Å². The normalized spacial score (nSPS) is 21.8. The summed E-state index contributed by atoms with van der Waals surface area (Å²) in [6.07, 6.45) is 1.01. The molecule has 0 saturated carbocycles. The Morgan fingerprint density at radius 3 is 2.42 bits per heavy atom. The molecule has 4 rings (SSSR count). The van der Waals surface area contributed by atoms with Gasteiger partial charge in [0.25, 0.3) is 5.91 Å². The second-order valence-corrected chi connectivity index (χ2v) is 9.40. The van der Waals surface area contributed by atoms with E-state index in [1.54, 1.807) is 42.5 Å². The third-order valence-corrected chi connectivity index (χ3v) is 7.45. The molecule has 2 aromatic rings. The van der Waals surface area contributed by atoms with Crippen molar-refractivity contribution >= 4 is 27.5 Å². The van der Waals surface area contributed by atoms with Gasteiger partial charge in [0, 0.05) is 13.2 Å². The van der Waals surface area contributed by atoms with Crippen LogP contribution >= 0.6 is 0 Å². The van der Waals surface area contributed by atoms with Crippen LogP contribution in [0.2, 0.25) is 0 Å². The van der Waals surface area contributed by atoms with E-state index in [0.29, 0.717) is 24.5 Å². The van der Waals surface area contributed by atoms with Crippen LogP contribution in [-0.2, 0) is 24.3 Å². The minimum Gasteiger partial charge on any atom is -0.497 e. The van der Waals surface area contributed by atoms with E-state index < -0.39 is 27.9 Å². The van der Waals surface area contributed by atoms with Crippen LogP contribution in [0.15, 0.2) is 59.5 Å². The second-order valence-electron chi connectivity index (χ2n) is 7.51. The molecule has 9 heteroatoms. The Morgan fingerprint density at radius 1 is 1.10 bits per heavy atom. The first-order chi connectivity index (χ1) is 14.9. The second kappa shape index (κ2) is 8.78. The van der Waals surface area contributed by atoms with Gasteiger partial charge in [-0.15, -0.1) is 0 Å². The van der Waals surface area contributed by atoms with Crippen molar-refractivity contribution in [2.45, 2.75) is 36.3 Å². The number of benzene rings is 2. The Morgan fingerprint density at radius 2 is 1.81 bits per heavy atom. The number of methoxy groups -OCH3 is 1. The number of amides is 2. The SMILES string of the molecule is COc1ccc(N2C(=O)CC(N(CC3CCCO3)S(=O)(=O)c3ccccc3)C2=O)cc1. The summed E-state index contributed by atoms with van der Waals surface area (Å²) in [5, 5.41) is 0. The average Bonchev–Trinajstić information content (AvgIpc) is 3.40. The number of imide groups is 1. The maximum atomic E-state index is 13.5. The minimum atomic E-state index is -4.01. The fraction of sp³-hybridized carbons (Fsp3) is 0.364. The zero-order valence-electron chi connectivity index (χ0n) is 17.1. The molecule has 2 amide bonds. The maximum Gasteiger partial charge on any atom is 0.252 e. The van der Waals surface area contributed by atoms with Gasteiger partial charge < -0.3 is 9.47 Å². The number of carbonyl (C=O) groups excluding carboxylic acids is 2. The smallest absolute Gasteiger partial charge is 0.252 e. The van der Waals surface area contributed by atoms with Gasteiger partial charge in [-0.05, 0) is 49.2 Å². The van der Waals surface area contributed by atoms with Crippen molar-refractivity contribution < 1.29 is 27.5 Å². The van der Waals surface area contributed by atoms with Crippen molar-refractivity contribution in [3.63, 3.8) is 0 Å². The first-order valence-electron chi connectivity index (χ1n) is 10.1. The Balaban J connectivity index is 1.67. The van der Waals surface area contributed by atoms with Gasteiger partial charge in [0.1, 0.15) is 11.8 Å². The molecule has 2 fully saturated rings. The number of hydrogen-bond donors (Lipinski definition) is 0. The number of anilines is 1. The molecule has 2 unspecified atom stereocenters. The average molecular weight is 445 g/mol. The lowest BCUT2D eigenvalue weighted by Crippen LogP contribution is -2.48. The highest BCUT2D eigenvalue weighted by Crippen LogP contribution is 2.31. The van der Waals surface area contributed by atoms with Gasteiger partial charge in [-0.25, -0.2) is 13.3 Å². The number of rotatable bonds is 7. The van der Waals surface area contributed by atoms with Crippen molar-refractivity contribution in [2.24, 2.45) is 0 Å². The zero-order valence-corrected chi connectivity index (χ0v) is 18.0. The predicted octanol–water partition coefficient (Wildman–Crippen LogP) is 2.20. The summed E-state index contributed by atoms with van der Waals surface area (Å²) in [5.41, 5.74) is 0.382. The van der Waals surface area contributed by atoms with Crippen LogP contribution in [-0.4, -0.2) is 56.9 Å². The van der Waals surface area contributed by atoms with E-state index in [4.69, 9.17) is 9.47 Å². The number of ether oxygens (including phenoxy) is 2. The maximum absolute atomic E-state index is 13.5. The van der Waals surface area contributed by atoms with E-state index in [0.717, 1.165) is 15.6 Å². The summed E-state index contributed by atoms with van der Waals surface area (Å²) in [6, 6.07) is 13.3. The van der Waals surface area contributed by atoms with Crippen molar-refractivity contribution in [3.05, 3.63) is 54.6 Å².